The lowest BCUT2D eigenvalue weighted by molar-refractivity contribution is -0.137. The minimum atomic E-state index is -1.48. The molecule has 0 aromatic heterocycles. The van der Waals surface area contributed by atoms with Crippen molar-refractivity contribution in [2.75, 3.05) is 6.54 Å². The van der Waals surface area contributed by atoms with Crippen molar-refractivity contribution in [1.29, 1.82) is 0 Å². The van der Waals surface area contributed by atoms with E-state index in [1.165, 1.54) is 0 Å². The molecule has 1 aliphatic rings. The Morgan fingerprint density at radius 3 is 1.84 bits per heavy atom. The minimum absolute atomic E-state index is 0.171. The molecule has 0 amide bonds. The molecule has 3 heteroatoms. The zero-order chi connectivity index (χ0) is 21.9. The van der Waals surface area contributed by atoms with Gasteiger partial charge in [-0.25, -0.2) is 0 Å². The number of benzene rings is 3. The Bertz CT molecular complexity index is 1040. The summed E-state index contributed by atoms with van der Waals surface area (Å²) in [5, 5.41) is 15.0. The number of carbonyl (C=O) groups is 1. The maximum absolute atomic E-state index is 13.6. The average Bonchev–Trinajstić information content (AvgIpc) is 2.96. The first kappa shape index (κ1) is 21.2. The molecule has 3 aromatic rings. The van der Waals surface area contributed by atoms with Gasteiger partial charge >= 0.3 is 0 Å². The lowest BCUT2D eigenvalue weighted by Gasteiger charge is -2.34. The molecule has 1 saturated carbocycles. The number of carbonyl (C=O) groups excluding carboxylic acids is 1. The van der Waals surface area contributed by atoms with Crippen molar-refractivity contribution in [3.05, 3.63) is 114 Å². The summed E-state index contributed by atoms with van der Waals surface area (Å²) in [7, 11) is 0. The number of hydrogen-bond donors (Lipinski definition) is 2. The molecule has 1 aliphatic carbocycles. The molecule has 3 nitrogen and oxygen atoms in total. The van der Waals surface area contributed by atoms with Crippen LogP contribution in [0.2, 0.25) is 0 Å². The van der Waals surface area contributed by atoms with Gasteiger partial charge in [0.25, 0.3) is 0 Å². The highest BCUT2D eigenvalue weighted by atomic mass is 16.3. The van der Waals surface area contributed by atoms with E-state index in [2.05, 4.69) is 17.4 Å². The van der Waals surface area contributed by atoms with Gasteiger partial charge in [0.05, 0.1) is 5.54 Å². The molecule has 4 atom stereocenters. The molecule has 2 N–H and O–H groups in total. The summed E-state index contributed by atoms with van der Waals surface area (Å²) in [5.74, 6) is -0.723. The van der Waals surface area contributed by atoms with Crippen LogP contribution in [-0.2, 0) is 4.79 Å². The van der Waals surface area contributed by atoms with Gasteiger partial charge in [-0.2, -0.15) is 0 Å². The van der Waals surface area contributed by atoms with Crippen LogP contribution in [0.5, 0.6) is 0 Å². The summed E-state index contributed by atoms with van der Waals surface area (Å²) in [6, 6.07) is 30.0. The fraction of sp³-hybridized carbons (Fsp3) is 0.250. The van der Waals surface area contributed by atoms with Crippen molar-refractivity contribution >= 4 is 11.9 Å². The highest BCUT2D eigenvalue weighted by Gasteiger charge is 2.63. The maximum Gasteiger partial charge on any atom is 0.184 e. The van der Waals surface area contributed by atoms with Gasteiger partial charge in [-0.05, 0) is 30.5 Å². The van der Waals surface area contributed by atoms with Gasteiger partial charge in [0.2, 0.25) is 0 Å². The Morgan fingerprint density at radius 2 is 1.29 bits per heavy atom. The first-order valence-electron chi connectivity index (χ1n) is 10.8. The summed E-state index contributed by atoms with van der Waals surface area (Å²) < 4.78 is 0. The number of rotatable bonds is 6. The molecule has 0 unspecified atom stereocenters. The monoisotopic (exact) mass is 411 g/mol. The Hall–Kier alpha value is -3.01. The molecule has 3 aromatic carbocycles. The van der Waals surface area contributed by atoms with E-state index < -0.39 is 11.1 Å². The van der Waals surface area contributed by atoms with Crippen LogP contribution in [0.1, 0.15) is 42.4 Å². The average molecular weight is 412 g/mol. The fourth-order valence-corrected chi connectivity index (χ4v) is 5.05. The second-order valence-corrected chi connectivity index (χ2v) is 8.65. The predicted octanol–water partition coefficient (Wildman–Crippen LogP) is 4.95. The number of hydrogen-bond acceptors (Lipinski definition) is 3. The first-order valence-corrected chi connectivity index (χ1v) is 10.8. The lowest BCUT2D eigenvalue weighted by atomic mass is 9.74. The van der Waals surface area contributed by atoms with Gasteiger partial charge < -0.3 is 10.4 Å². The van der Waals surface area contributed by atoms with Crippen LogP contribution in [0.3, 0.4) is 0 Å². The Morgan fingerprint density at radius 1 is 0.806 bits per heavy atom. The molecule has 0 saturated heterocycles. The van der Waals surface area contributed by atoms with Crippen molar-refractivity contribution in [3.63, 3.8) is 0 Å². The number of ketones is 1. The summed E-state index contributed by atoms with van der Waals surface area (Å²) >= 11 is 0. The van der Waals surface area contributed by atoms with Crippen LogP contribution in [-0.4, -0.2) is 28.6 Å². The van der Waals surface area contributed by atoms with Crippen molar-refractivity contribution < 1.29 is 9.90 Å². The highest BCUT2D eigenvalue weighted by molar-refractivity contribution is 6.00. The lowest BCUT2D eigenvalue weighted by Crippen LogP contribution is -2.53. The van der Waals surface area contributed by atoms with Crippen LogP contribution in [0, 0.1) is 0 Å². The minimum Gasteiger partial charge on any atom is -0.382 e. The zero-order valence-corrected chi connectivity index (χ0v) is 18.0. The van der Waals surface area contributed by atoms with Crippen molar-refractivity contribution in [3.8, 4) is 0 Å². The van der Waals surface area contributed by atoms with E-state index in [1.54, 1.807) is 6.92 Å². The third-order valence-electron chi connectivity index (χ3n) is 6.51. The van der Waals surface area contributed by atoms with Crippen LogP contribution in [0.15, 0.2) is 97.1 Å². The highest BCUT2D eigenvalue weighted by Crippen LogP contribution is 2.54. The van der Waals surface area contributed by atoms with E-state index in [-0.39, 0.29) is 17.6 Å². The molecule has 0 bridgehead atoms. The Balaban J connectivity index is 1.70. The van der Waals surface area contributed by atoms with Gasteiger partial charge in [-0.1, -0.05) is 103 Å². The second-order valence-electron chi connectivity index (χ2n) is 8.65. The van der Waals surface area contributed by atoms with Crippen molar-refractivity contribution in [1.82, 2.24) is 5.32 Å². The van der Waals surface area contributed by atoms with Crippen LogP contribution < -0.4 is 5.32 Å². The molecule has 0 aliphatic heterocycles. The van der Waals surface area contributed by atoms with Crippen LogP contribution in [0.4, 0.5) is 0 Å². The normalized spacial score (nSPS) is 28.3. The Kier molecular flexibility index (Phi) is 5.90. The fourth-order valence-electron chi connectivity index (χ4n) is 5.05. The van der Waals surface area contributed by atoms with E-state index >= 15 is 0 Å². The third kappa shape index (κ3) is 3.99. The zero-order valence-electron chi connectivity index (χ0n) is 18.0. The van der Waals surface area contributed by atoms with Gasteiger partial charge in [0.15, 0.2) is 5.78 Å². The van der Waals surface area contributed by atoms with E-state index in [4.69, 9.17) is 0 Å². The first-order chi connectivity index (χ1) is 14.9. The third-order valence-corrected chi connectivity index (χ3v) is 6.51. The van der Waals surface area contributed by atoms with E-state index in [0.29, 0.717) is 6.54 Å². The van der Waals surface area contributed by atoms with Crippen molar-refractivity contribution in [2.45, 2.75) is 36.8 Å². The topological polar surface area (TPSA) is 49.3 Å². The molecule has 0 heterocycles. The second kappa shape index (κ2) is 8.62. The molecule has 0 spiro atoms. The Labute approximate surface area is 184 Å². The summed E-state index contributed by atoms with van der Waals surface area (Å²) in [5.41, 5.74) is 0.740. The van der Waals surface area contributed by atoms with Gasteiger partial charge in [-0.15, -0.1) is 0 Å². The molecular formula is C28H29NO2. The van der Waals surface area contributed by atoms with E-state index in [1.807, 2.05) is 97.9 Å². The van der Waals surface area contributed by atoms with Gasteiger partial charge in [0, 0.05) is 18.4 Å². The largest absolute Gasteiger partial charge is 0.382 e. The molecule has 4 rings (SSSR count). The van der Waals surface area contributed by atoms with Gasteiger partial charge in [-0.3, -0.25) is 4.79 Å². The van der Waals surface area contributed by atoms with Crippen LogP contribution in [0.25, 0.3) is 6.08 Å². The SMILES string of the molecule is C[C@]1(O)C(=O)[C@](C)(NC/C=C/c2ccccc2)[C@H](c2ccccc2)[C@H]1c1ccccc1. The molecular weight excluding hydrogens is 382 g/mol. The van der Waals surface area contributed by atoms with E-state index in [9.17, 15) is 9.90 Å². The quantitative estimate of drug-likeness (QED) is 0.603. The predicted molar refractivity (Wildman–Crippen MR) is 126 cm³/mol. The molecule has 158 valence electrons. The van der Waals surface area contributed by atoms with E-state index in [0.717, 1.165) is 16.7 Å². The van der Waals surface area contributed by atoms with Crippen LogP contribution >= 0.6 is 0 Å². The number of nitrogens with one attached hydrogen (secondary N) is 1. The van der Waals surface area contributed by atoms with Gasteiger partial charge in [0.1, 0.15) is 5.60 Å². The summed E-state index contributed by atoms with van der Waals surface area (Å²) in [4.78, 5) is 13.6. The molecule has 31 heavy (non-hydrogen) atoms. The summed E-state index contributed by atoms with van der Waals surface area (Å²) in [6.07, 6.45) is 4.07. The summed E-state index contributed by atoms with van der Waals surface area (Å²) in [6.45, 7) is 4.12. The molecule has 0 radical (unpaired) electrons. The van der Waals surface area contributed by atoms with Crippen molar-refractivity contribution in [2.24, 2.45) is 0 Å². The standard InChI is InChI=1S/C28H29NO2/c1-27(29-20-12-15-21-13-6-3-7-14-21)24(22-16-8-4-9-17-22)25(28(2,31)26(27)30)23-18-10-5-11-19-23/h3-19,24-25,29,31H,20H2,1-2H3/b15-12+/t24-,25-,27-,28-/m1/s1. The molecule has 1 fully saturated rings. The number of aliphatic hydroxyl groups is 1. The number of Topliss-reactive ketones (excluding diaryl/α,β-unsaturated/α-hetero) is 1. The maximum atomic E-state index is 13.6. The smallest absolute Gasteiger partial charge is 0.184 e.